The number of aliphatic hydroxyl groups excluding tert-OH is 1. The number of hydrogen-bond acceptors (Lipinski definition) is 2. The van der Waals surface area contributed by atoms with Gasteiger partial charge < -0.3 is 10.4 Å². The topological polar surface area (TPSA) is 32.3 Å². The molecule has 14 heavy (non-hydrogen) atoms. The minimum Gasteiger partial charge on any atom is -0.393 e. The van der Waals surface area contributed by atoms with E-state index >= 15 is 0 Å². The van der Waals surface area contributed by atoms with Crippen LogP contribution >= 0.6 is 0 Å². The van der Waals surface area contributed by atoms with Crippen molar-refractivity contribution in [3.05, 3.63) is 35.9 Å². The van der Waals surface area contributed by atoms with Crippen LogP contribution < -0.4 is 5.32 Å². The zero-order valence-corrected chi connectivity index (χ0v) is 8.90. The Morgan fingerprint density at radius 1 is 1.21 bits per heavy atom. The number of rotatable bonds is 5. The third-order valence-electron chi connectivity index (χ3n) is 2.31. The summed E-state index contributed by atoms with van der Waals surface area (Å²) < 4.78 is 0. The van der Waals surface area contributed by atoms with Crippen LogP contribution in [-0.2, 0) is 0 Å². The number of aliphatic hydroxyl groups is 1. The molecule has 0 amide bonds. The molecule has 0 saturated heterocycles. The standard InChI is InChI=1S/C12H19NO/c1-10(14)8-9-13-11(2)12-6-4-3-5-7-12/h3-7,10-11,13-14H,8-9H2,1-2H3. The quantitative estimate of drug-likeness (QED) is 0.750. The second-order valence-corrected chi connectivity index (χ2v) is 3.72. The Hall–Kier alpha value is -0.860. The molecule has 0 spiro atoms. The molecule has 0 fully saturated rings. The molecule has 2 unspecified atom stereocenters. The molecule has 0 aliphatic rings. The average Bonchev–Trinajstić information content (AvgIpc) is 2.18. The number of hydrogen-bond donors (Lipinski definition) is 2. The zero-order valence-electron chi connectivity index (χ0n) is 8.90. The van der Waals surface area contributed by atoms with Gasteiger partial charge in [-0.05, 0) is 32.4 Å². The monoisotopic (exact) mass is 193 g/mol. The SMILES string of the molecule is CC(O)CCNC(C)c1ccccc1. The Bertz CT molecular complexity index is 246. The molecule has 0 aliphatic heterocycles. The molecule has 1 rings (SSSR count). The van der Waals surface area contributed by atoms with Gasteiger partial charge in [-0.3, -0.25) is 0 Å². The summed E-state index contributed by atoms with van der Waals surface area (Å²) in [4.78, 5) is 0. The third-order valence-corrected chi connectivity index (χ3v) is 2.31. The van der Waals surface area contributed by atoms with Crippen molar-refractivity contribution in [3.63, 3.8) is 0 Å². The van der Waals surface area contributed by atoms with Gasteiger partial charge in [0.15, 0.2) is 0 Å². The van der Waals surface area contributed by atoms with Crippen molar-refractivity contribution in [2.75, 3.05) is 6.54 Å². The molecule has 78 valence electrons. The van der Waals surface area contributed by atoms with E-state index in [0.717, 1.165) is 13.0 Å². The Labute approximate surface area is 86.0 Å². The molecule has 0 saturated carbocycles. The summed E-state index contributed by atoms with van der Waals surface area (Å²) in [6.45, 7) is 4.81. The molecule has 2 atom stereocenters. The summed E-state index contributed by atoms with van der Waals surface area (Å²) >= 11 is 0. The highest BCUT2D eigenvalue weighted by atomic mass is 16.3. The fourth-order valence-electron chi connectivity index (χ4n) is 1.37. The first-order valence-electron chi connectivity index (χ1n) is 5.16. The van der Waals surface area contributed by atoms with E-state index in [1.807, 2.05) is 25.1 Å². The molecule has 0 radical (unpaired) electrons. The van der Waals surface area contributed by atoms with Crippen molar-refractivity contribution in [2.24, 2.45) is 0 Å². The molecule has 0 bridgehead atoms. The van der Waals surface area contributed by atoms with Crippen LogP contribution in [-0.4, -0.2) is 17.8 Å². The molecular weight excluding hydrogens is 174 g/mol. The lowest BCUT2D eigenvalue weighted by Crippen LogP contribution is -2.22. The van der Waals surface area contributed by atoms with Crippen LogP contribution in [0.4, 0.5) is 0 Å². The molecule has 0 heterocycles. The fourth-order valence-corrected chi connectivity index (χ4v) is 1.37. The largest absolute Gasteiger partial charge is 0.393 e. The van der Waals surface area contributed by atoms with Crippen LogP contribution in [0.2, 0.25) is 0 Å². The van der Waals surface area contributed by atoms with Crippen molar-refractivity contribution in [3.8, 4) is 0 Å². The Morgan fingerprint density at radius 2 is 1.86 bits per heavy atom. The normalized spacial score (nSPS) is 15.1. The van der Waals surface area contributed by atoms with Gasteiger partial charge in [0.25, 0.3) is 0 Å². The molecule has 1 aromatic carbocycles. The van der Waals surface area contributed by atoms with E-state index in [4.69, 9.17) is 5.11 Å². The molecule has 2 nitrogen and oxygen atoms in total. The highest BCUT2D eigenvalue weighted by Gasteiger charge is 2.03. The molecule has 2 heteroatoms. The van der Waals surface area contributed by atoms with E-state index in [9.17, 15) is 0 Å². The number of benzene rings is 1. The highest BCUT2D eigenvalue weighted by molar-refractivity contribution is 5.17. The Balaban J connectivity index is 2.32. The predicted octanol–water partition coefficient (Wildman–Crippen LogP) is 2.11. The first-order valence-corrected chi connectivity index (χ1v) is 5.16. The lowest BCUT2D eigenvalue weighted by molar-refractivity contribution is 0.182. The lowest BCUT2D eigenvalue weighted by Gasteiger charge is -2.14. The lowest BCUT2D eigenvalue weighted by atomic mass is 10.1. The van der Waals surface area contributed by atoms with E-state index in [1.165, 1.54) is 5.56 Å². The van der Waals surface area contributed by atoms with Gasteiger partial charge in [0.2, 0.25) is 0 Å². The Kier molecular flexibility index (Phi) is 4.63. The van der Waals surface area contributed by atoms with Gasteiger partial charge in [0.05, 0.1) is 6.10 Å². The fraction of sp³-hybridized carbons (Fsp3) is 0.500. The minimum absolute atomic E-state index is 0.217. The third kappa shape index (κ3) is 3.90. The highest BCUT2D eigenvalue weighted by Crippen LogP contribution is 2.10. The predicted molar refractivity (Wildman–Crippen MR) is 59.2 cm³/mol. The van der Waals surface area contributed by atoms with Crippen molar-refractivity contribution in [1.29, 1.82) is 0 Å². The van der Waals surface area contributed by atoms with Crippen LogP contribution in [0.5, 0.6) is 0 Å². The molecule has 2 N–H and O–H groups in total. The van der Waals surface area contributed by atoms with Crippen molar-refractivity contribution in [1.82, 2.24) is 5.32 Å². The summed E-state index contributed by atoms with van der Waals surface area (Å²) in [5.41, 5.74) is 1.29. The summed E-state index contributed by atoms with van der Waals surface area (Å²) in [6.07, 6.45) is 0.586. The molecule has 0 aromatic heterocycles. The van der Waals surface area contributed by atoms with Crippen molar-refractivity contribution >= 4 is 0 Å². The first-order chi connectivity index (χ1) is 6.70. The van der Waals surface area contributed by atoms with Gasteiger partial charge in [0, 0.05) is 6.04 Å². The average molecular weight is 193 g/mol. The van der Waals surface area contributed by atoms with E-state index in [2.05, 4.69) is 24.4 Å². The second kappa shape index (κ2) is 5.78. The van der Waals surface area contributed by atoms with E-state index in [1.54, 1.807) is 0 Å². The maximum absolute atomic E-state index is 9.10. The van der Waals surface area contributed by atoms with Gasteiger partial charge >= 0.3 is 0 Å². The van der Waals surface area contributed by atoms with E-state index in [0.29, 0.717) is 6.04 Å². The minimum atomic E-state index is -0.217. The smallest absolute Gasteiger partial charge is 0.0524 e. The van der Waals surface area contributed by atoms with Gasteiger partial charge in [-0.2, -0.15) is 0 Å². The van der Waals surface area contributed by atoms with Crippen LogP contribution in [0, 0.1) is 0 Å². The summed E-state index contributed by atoms with van der Waals surface area (Å²) in [5.74, 6) is 0. The molecule has 1 aromatic rings. The van der Waals surface area contributed by atoms with Crippen molar-refractivity contribution in [2.45, 2.75) is 32.4 Å². The van der Waals surface area contributed by atoms with Crippen LogP contribution in [0.15, 0.2) is 30.3 Å². The van der Waals surface area contributed by atoms with Crippen molar-refractivity contribution < 1.29 is 5.11 Å². The summed E-state index contributed by atoms with van der Waals surface area (Å²) in [7, 11) is 0. The van der Waals surface area contributed by atoms with E-state index < -0.39 is 0 Å². The van der Waals surface area contributed by atoms with Gasteiger partial charge in [0.1, 0.15) is 0 Å². The van der Waals surface area contributed by atoms with Gasteiger partial charge in [-0.15, -0.1) is 0 Å². The summed E-state index contributed by atoms with van der Waals surface area (Å²) in [6, 6.07) is 10.7. The van der Waals surface area contributed by atoms with Gasteiger partial charge in [-0.25, -0.2) is 0 Å². The Morgan fingerprint density at radius 3 is 2.43 bits per heavy atom. The van der Waals surface area contributed by atoms with Gasteiger partial charge in [-0.1, -0.05) is 30.3 Å². The number of nitrogens with one attached hydrogen (secondary N) is 1. The molecule has 0 aliphatic carbocycles. The molecular formula is C12H19NO. The second-order valence-electron chi connectivity index (χ2n) is 3.72. The van der Waals surface area contributed by atoms with Crippen LogP contribution in [0.1, 0.15) is 31.9 Å². The van der Waals surface area contributed by atoms with E-state index in [-0.39, 0.29) is 6.10 Å². The zero-order chi connectivity index (χ0) is 10.4. The van der Waals surface area contributed by atoms with Crippen LogP contribution in [0.3, 0.4) is 0 Å². The van der Waals surface area contributed by atoms with Crippen LogP contribution in [0.25, 0.3) is 0 Å². The maximum Gasteiger partial charge on any atom is 0.0524 e. The first kappa shape index (κ1) is 11.2. The summed E-state index contributed by atoms with van der Waals surface area (Å²) in [5, 5.41) is 12.5. The maximum atomic E-state index is 9.10.